The quantitative estimate of drug-likeness (QED) is 0.327. The van der Waals surface area contributed by atoms with Crippen molar-refractivity contribution >= 4 is 22.6 Å². The normalized spacial score (nSPS) is 34.1. The predicted molar refractivity (Wildman–Crippen MR) is 178 cm³/mol. The number of hydrogen-bond donors (Lipinski definition) is 1. The molecule has 1 spiro atoms. The first-order valence-corrected chi connectivity index (χ1v) is 17.6. The van der Waals surface area contributed by atoms with Crippen LogP contribution in [0.15, 0.2) is 47.4 Å². The van der Waals surface area contributed by atoms with Gasteiger partial charge >= 0.3 is 5.97 Å². The summed E-state index contributed by atoms with van der Waals surface area (Å²) >= 11 is 0. The molecule has 6 aliphatic rings. The second-order valence-corrected chi connectivity index (χ2v) is 14.8. The van der Waals surface area contributed by atoms with Crippen LogP contribution in [0.1, 0.15) is 56.8 Å². The SMILES string of the molecule is C[C@H]1[C@@H](OCCN2CCN(c3cc4c(cc3F)c(=O)c(C(=O)O)cn4-c3ccc(F)cc3)CC2)O[C@@H]2O[C@]3(C)CCC4[C@H](C)CC[C@@H]1C42OO3. The van der Waals surface area contributed by atoms with Gasteiger partial charge in [0, 0.05) is 68.3 Å². The Morgan fingerprint density at radius 1 is 1.02 bits per heavy atom. The summed E-state index contributed by atoms with van der Waals surface area (Å²) < 4.78 is 50.2. The van der Waals surface area contributed by atoms with Crippen molar-refractivity contribution in [2.75, 3.05) is 44.2 Å². The Morgan fingerprint density at radius 3 is 2.52 bits per heavy atom. The van der Waals surface area contributed by atoms with Gasteiger partial charge in [0.2, 0.25) is 11.2 Å². The molecular formula is C37H43F2N3O8. The molecule has 1 aliphatic carbocycles. The molecule has 5 aliphatic heterocycles. The summed E-state index contributed by atoms with van der Waals surface area (Å²) in [5.41, 5.74) is -0.827. The molecule has 1 saturated carbocycles. The molecule has 1 N–H and O–H groups in total. The second kappa shape index (κ2) is 12.6. The fourth-order valence-electron chi connectivity index (χ4n) is 9.12. The molecule has 0 amide bonds. The van der Waals surface area contributed by atoms with E-state index in [-0.39, 0.29) is 17.2 Å². The summed E-state index contributed by atoms with van der Waals surface area (Å²) in [6.45, 7) is 9.88. The molecule has 50 heavy (non-hydrogen) atoms. The number of benzene rings is 2. The van der Waals surface area contributed by atoms with Crippen LogP contribution in [-0.4, -0.2) is 83.8 Å². The zero-order chi connectivity index (χ0) is 34.9. The maximum atomic E-state index is 15.6. The van der Waals surface area contributed by atoms with Crippen molar-refractivity contribution in [1.82, 2.24) is 9.47 Å². The molecule has 0 radical (unpaired) electrons. The lowest BCUT2D eigenvalue weighted by Gasteiger charge is -2.60. The lowest BCUT2D eigenvalue weighted by molar-refractivity contribution is -0.577. The Bertz CT molecular complexity index is 1850. The lowest BCUT2D eigenvalue weighted by Crippen LogP contribution is -2.70. The molecule has 8 atom stereocenters. The van der Waals surface area contributed by atoms with E-state index in [1.807, 2.05) is 11.8 Å². The number of hydrogen-bond acceptors (Lipinski definition) is 9. The molecule has 2 aromatic carbocycles. The van der Waals surface area contributed by atoms with Crippen molar-refractivity contribution in [3.63, 3.8) is 0 Å². The number of halogens is 2. The van der Waals surface area contributed by atoms with Crippen molar-refractivity contribution in [1.29, 1.82) is 0 Å². The third kappa shape index (κ3) is 5.53. The zero-order valence-corrected chi connectivity index (χ0v) is 28.5. The number of carboxylic acids is 1. The van der Waals surface area contributed by atoms with Crippen molar-refractivity contribution in [2.45, 2.75) is 70.4 Å². The summed E-state index contributed by atoms with van der Waals surface area (Å²) in [5, 5.41) is 9.60. The van der Waals surface area contributed by atoms with Crippen LogP contribution in [0.4, 0.5) is 14.5 Å². The maximum absolute atomic E-state index is 15.6. The lowest BCUT2D eigenvalue weighted by atomic mass is 9.58. The Kier molecular flexibility index (Phi) is 8.51. The molecule has 6 fully saturated rings. The van der Waals surface area contributed by atoms with Gasteiger partial charge in [-0.05, 0) is 74.4 Å². The number of anilines is 1. The van der Waals surface area contributed by atoms with Crippen LogP contribution in [0.3, 0.4) is 0 Å². The first-order chi connectivity index (χ1) is 24.0. The molecule has 6 heterocycles. The van der Waals surface area contributed by atoms with Gasteiger partial charge in [-0.1, -0.05) is 13.8 Å². The van der Waals surface area contributed by atoms with E-state index in [0.29, 0.717) is 68.1 Å². The standard InChI is InChI=1S/C37H43F2N3O8/c1-21-4-9-28-22(2)34(47-35-37(28)27(21)10-11-36(3,48-35)49-50-37)46-17-16-40-12-14-41(15-13-40)31-19-30-25(18-29(31)39)32(43)26(33(44)45)20-42(30)24-7-5-23(38)6-8-24/h5-8,18-22,27-28,34-35H,4,9-17H2,1-3H3,(H,44,45)/t21-,22-,27?,28+,34+,35-,36+,37?/m1/s1. The molecule has 11 nitrogen and oxygen atoms in total. The highest BCUT2D eigenvalue weighted by Crippen LogP contribution is 2.60. The number of fused-ring (bicyclic) bond motifs is 3. The second-order valence-electron chi connectivity index (χ2n) is 14.8. The van der Waals surface area contributed by atoms with Crippen molar-refractivity contribution in [2.24, 2.45) is 23.7 Å². The summed E-state index contributed by atoms with van der Waals surface area (Å²) in [5.74, 6) is -2.29. The van der Waals surface area contributed by atoms with E-state index in [2.05, 4.69) is 18.7 Å². The Hall–Kier alpha value is -3.46. The van der Waals surface area contributed by atoms with Crippen LogP contribution >= 0.6 is 0 Å². The third-order valence-electron chi connectivity index (χ3n) is 11.9. The number of carboxylic acid groups (broad SMARTS) is 1. The molecule has 5 saturated heterocycles. The summed E-state index contributed by atoms with van der Waals surface area (Å²) in [6, 6.07) is 8.12. The third-order valence-corrected chi connectivity index (χ3v) is 11.9. The van der Waals surface area contributed by atoms with Gasteiger partial charge in [-0.15, -0.1) is 0 Å². The number of rotatable bonds is 7. The van der Waals surface area contributed by atoms with Gasteiger partial charge in [0.15, 0.2) is 18.2 Å². The van der Waals surface area contributed by atoms with Crippen molar-refractivity contribution in [3.8, 4) is 5.69 Å². The van der Waals surface area contributed by atoms with Crippen LogP contribution < -0.4 is 10.3 Å². The minimum atomic E-state index is -1.43. The number of carbonyl (C=O) groups is 1. The van der Waals surface area contributed by atoms with Crippen LogP contribution in [-0.2, 0) is 24.0 Å². The van der Waals surface area contributed by atoms with E-state index in [0.717, 1.165) is 31.7 Å². The Balaban J connectivity index is 0.941. The topological polar surface area (TPSA) is 112 Å². The van der Waals surface area contributed by atoms with Crippen molar-refractivity contribution < 1.29 is 42.7 Å². The smallest absolute Gasteiger partial charge is 0.341 e. The van der Waals surface area contributed by atoms with E-state index in [1.165, 1.54) is 35.0 Å². The largest absolute Gasteiger partial charge is 0.477 e. The van der Waals surface area contributed by atoms with E-state index in [1.54, 1.807) is 6.07 Å². The summed E-state index contributed by atoms with van der Waals surface area (Å²) in [7, 11) is 0. The fraction of sp³-hybridized carbons (Fsp3) is 0.568. The highest BCUT2D eigenvalue weighted by molar-refractivity contribution is 5.94. The number of aromatic nitrogens is 1. The van der Waals surface area contributed by atoms with E-state index >= 15 is 4.39 Å². The molecule has 3 aromatic rings. The summed E-state index contributed by atoms with van der Waals surface area (Å²) in [6.07, 6.45) is 4.05. The van der Waals surface area contributed by atoms with Crippen LogP contribution in [0.2, 0.25) is 0 Å². The first-order valence-electron chi connectivity index (χ1n) is 17.6. The number of ether oxygens (including phenoxy) is 3. The Labute approximate surface area is 288 Å². The van der Waals surface area contributed by atoms with Gasteiger partial charge in [0.1, 0.15) is 17.2 Å². The van der Waals surface area contributed by atoms with Gasteiger partial charge in [-0.2, -0.15) is 0 Å². The van der Waals surface area contributed by atoms with Crippen LogP contribution in [0, 0.1) is 35.3 Å². The van der Waals surface area contributed by atoms with Gasteiger partial charge in [0.25, 0.3) is 0 Å². The van der Waals surface area contributed by atoms with Crippen molar-refractivity contribution in [3.05, 3.63) is 70.0 Å². The molecule has 2 unspecified atom stereocenters. The fourth-order valence-corrected chi connectivity index (χ4v) is 9.12. The highest BCUT2D eigenvalue weighted by Gasteiger charge is 2.69. The average Bonchev–Trinajstić information content (AvgIpc) is 3.33. The van der Waals surface area contributed by atoms with Gasteiger partial charge in [-0.3, -0.25) is 9.69 Å². The minimum Gasteiger partial charge on any atom is -0.477 e. The highest BCUT2D eigenvalue weighted by atomic mass is 19.1. The number of piperazine rings is 1. The van der Waals surface area contributed by atoms with Gasteiger partial charge in [-0.25, -0.2) is 23.4 Å². The molecule has 1 aromatic heterocycles. The van der Waals surface area contributed by atoms with E-state index < -0.39 is 52.6 Å². The van der Waals surface area contributed by atoms with Gasteiger partial charge < -0.3 is 28.8 Å². The molecule has 268 valence electrons. The molecule has 13 heteroatoms. The van der Waals surface area contributed by atoms with E-state index in [9.17, 15) is 19.1 Å². The number of nitrogens with zero attached hydrogens (tertiary/aromatic N) is 3. The monoisotopic (exact) mass is 695 g/mol. The van der Waals surface area contributed by atoms with Crippen LogP contribution in [0.5, 0.6) is 0 Å². The number of pyridine rings is 1. The zero-order valence-electron chi connectivity index (χ0n) is 28.5. The van der Waals surface area contributed by atoms with Crippen LogP contribution in [0.25, 0.3) is 16.6 Å². The molecular weight excluding hydrogens is 652 g/mol. The van der Waals surface area contributed by atoms with E-state index in [4.69, 9.17) is 24.0 Å². The molecule has 2 bridgehead atoms. The minimum absolute atomic E-state index is 0.0649. The predicted octanol–water partition coefficient (Wildman–Crippen LogP) is 5.31. The molecule has 9 rings (SSSR count). The average molecular weight is 696 g/mol. The first kappa shape index (κ1) is 33.7. The van der Waals surface area contributed by atoms with Gasteiger partial charge in [0.05, 0.1) is 17.8 Å². The number of aromatic carboxylic acids is 1. The summed E-state index contributed by atoms with van der Waals surface area (Å²) in [4.78, 5) is 41.2. The Morgan fingerprint density at radius 2 is 1.78 bits per heavy atom. The maximum Gasteiger partial charge on any atom is 0.341 e.